The number of benzene rings is 1. The molecule has 0 bridgehead atoms. The second-order valence-corrected chi connectivity index (χ2v) is 5.26. The van der Waals surface area contributed by atoms with Crippen LogP contribution in [-0.4, -0.2) is 9.97 Å². The van der Waals surface area contributed by atoms with Crippen LogP contribution in [-0.2, 0) is 6.42 Å². The molecule has 1 heterocycles. The molecule has 2 aromatic rings. The molecule has 1 aliphatic carbocycles. The van der Waals surface area contributed by atoms with Crippen LogP contribution in [0.2, 0.25) is 0 Å². The number of nitrogens with zero attached hydrogens (tertiary/aromatic N) is 1. The number of aromatic amines is 1. The summed E-state index contributed by atoms with van der Waals surface area (Å²) in [5.41, 5.74) is 2.13. The standard InChI is InChI=1S/C16H18N2O/c19-16-11-14(13-8-4-5-9-13)17-15(18-16)10-12-6-2-1-3-7-12/h1-3,6-7,11,13H,4-5,8-10H2,(H,17,18,19). The van der Waals surface area contributed by atoms with Crippen molar-refractivity contribution in [1.29, 1.82) is 0 Å². The van der Waals surface area contributed by atoms with E-state index in [1.54, 1.807) is 6.07 Å². The summed E-state index contributed by atoms with van der Waals surface area (Å²) >= 11 is 0. The Bertz CT molecular complexity index is 598. The lowest BCUT2D eigenvalue weighted by Gasteiger charge is -2.09. The van der Waals surface area contributed by atoms with E-state index in [0.29, 0.717) is 12.3 Å². The van der Waals surface area contributed by atoms with Gasteiger partial charge >= 0.3 is 0 Å². The molecule has 3 rings (SSSR count). The molecule has 0 radical (unpaired) electrons. The second kappa shape index (κ2) is 5.39. The van der Waals surface area contributed by atoms with Gasteiger partial charge in [0.25, 0.3) is 5.56 Å². The molecular weight excluding hydrogens is 236 g/mol. The molecule has 1 aliphatic rings. The maximum Gasteiger partial charge on any atom is 0.251 e. The first-order chi connectivity index (χ1) is 9.31. The summed E-state index contributed by atoms with van der Waals surface area (Å²) in [7, 11) is 0. The average molecular weight is 254 g/mol. The van der Waals surface area contributed by atoms with Gasteiger partial charge in [-0.15, -0.1) is 0 Å². The van der Waals surface area contributed by atoms with Gasteiger partial charge in [-0.2, -0.15) is 0 Å². The molecular formula is C16H18N2O. The lowest BCUT2D eigenvalue weighted by atomic mass is 10.0. The van der Waals surface area contributed by atoms with Crippen LogP contribution in [0.15, 0.2) is 41.2 Å². The highest BCUT2D eigenvalue weighted by Gasteiger charge is 2.19. The third-order valence-corrected chi connectivity index (χ3v) is 3.80. The predicted molar refractivity (Wildman–Crippen MR) is 75.3 cm³/mol. The van der Waals surface area contributed by atoms with Crippen LogP contribution in [0.25, 0.3) is 0 Å². The predicted octanol–water partition coefficient (Wildman–Crippen LogP) is 3.02. The molecule has 1 fully saturated rings. The molecule has 0 unspecified atom stereocenters. The highest BCUT2D eigenvalue weighted by Crippen LogP contribution is 2.32. The highest BCUT2D eigenvalue weighted by molar-refractivity contribution is 5.20. The Morgan fingerprint density at radius 3 is 2.63 bits per heavy atom. The van der Waals surface area contributed by atoms with E-state index in [-0.39, 0.29) is 5.56 Å². The molecule has 1 aromatic carbocycles. The Kier molecular flexibility index (Phi) is 3.45. The van der Waals surface area contributed by atoms with Gasteiger partial charge in [0.2, 0.25) is 0 Å². The summed E-state index contributed by atoms with van der Waals surface area (Å²) in [6, 6.07) is 11.8. The molecule has 0 spiro atoms. The first kappa shape index (κ1) is 12.2. The van der Waals surface area contributed by atoms with Gasteiger partial charge in [-0.05, 0) is 18.4 Å². The maximum absolute atomic E-state index is 11.8. The van der Waals surface area contributed by atoms with Gasteiger partial charge in [-0.1, -0.05) is 43.2 Å². The van der Waals surface area contributed by atoms with Gasteiger partial charge in [0, 0.05) is 18.4 Å². The van der Waals surface area contributed by atoms with Crippen molar-refractivity contribution in [3.05, 3.63) is 63.8 Å². The summed E-state index contributed by atoms with van der Waals surface area (Å²) in [5.74, 6) is 1.26. The Balaban J connectivity index is 1.87. The SMILES string of the molecule is O=c1cc(C2CCCC2)nc(Cc2ccccc2)[nH]1. The smallest absolute Gasteiger partial charge is 0.251 e. The molecule has 19 heavy (non-hydrogen) atoms. The van der Waals surface area contributed by atoms with Crippen LogP contribution in [0, 0.1) is 0 Å². The van der Waals surface area contributed by atoms with E-state index < -0.39 is 0 Å². The molecule has 0 amide bonds. The Morgan fingerprint density at radius 2 is 1.89 bits per heavy atom. The minimum Gasteiger partial charge on any atom is -0.310 e. The fourth-order valence-electron chi connectivity index (χ4n) is 2.83. The quantitative estimate of drug-likeness (QED) is 0.915. The summed E-state index contributed by atoms with van der Waals surface area (Å²) in [6.45, 7) is 0. The molecule has 3 nitrogen and oxygen atoms in total. The molecule has 1 saturated carbocycles. The van der Waals surface area contributed by atoms with E-state index in [4.69, 9.17) is 0 Å². The molecule has 98 valence electrons. The van der Waals surface area contributed by atoms with E-state index in [0.717, 1.165) is 11.5 Å². The maximum atomic E-state index is 11.8. The van der Waals surface area contributed by atoms with Crippen molar-refractivity contribution in [2.24, 2.45) is 0 Å². The van der Waals surface area contributed by atoms with E-state index in [1.807, 2.05) is 18.2 Å². The van der Waals surface area contributed by atoms with Crippen molar-refractivity contribution in [3.8, 4) is 0 Å². The van der Waals surface area contributed by atoms with E-state index in [2.05, 4.69) is 22.1 Å². The zero-order valence-corrected chi connectivity index (χ0v) is 10.9. The van der Waals surface area contributed by atoms with E-state index in [9.17, 15) is 4.79 Å². The molecule has 1 N–H and O–H groups in total. The molecule has 1 aromatic heterocycles. The Hall–Kier alpha value is -1.90. The van der Waals surface area contributed by atoms with Crippen LogP contribution in [0.5, 0.6) is 0 Å². The van der Waals surface area contributed by atoms with Gasteiger partial charge in [-0.3, -0.25) is 4.79 Å². The number of H-pyrrole nitrogens is 1. The zero-order valence-electron chi connectivity index (χ0n) is 10.9. The highest BCUT2D eigenvalue weighted by atomic mass is 16.1. The molecule has 0 aliphatic heterocycles. The first-order valence-electron chi connectivity index (χ1n) is 6.95. The van der Waals surface area contributed by atoms with Crippen molar-refractivity contribution < 1.29 is 0 Å². The zero-order chi connectivity index (χ0) is 13.1. The fraction of sp³-hybridized carbons (Fsp3) is 0.375. The van der Waals surface area contributed by atoms with Crippen molar-refractivity contribution >= 4 is 0 Å². The van der Waals surface area contributed by atoms with Gasteiger partial charge in [-0.25, -0.2) is 4.98 Å². The Labute approximate surface area is 112 Å². The molecule has 3 heteroatoms. The van der Waals surface area contributed by atoms with Crippen molar-refractivity contribution in [3.63, 3.8) is 0 Å². The van der Waals surface area contributed by atoms with E-state index >= 15 is 0 Å². The summed E-state index contributed by atoms with van der Waals surface area (Å²) in [4.78, 5) is 19.3. The summed E-state index contributed by atoms with van der Waals surface area (Å²) < 4.78 is 0. The van der Waals surface area contributed by atoms with Crippen molar-refractivity contribution in [2.75, 3.05) is 0 Å². The van der Waals surface area contributed by atoms with Crippen LogP contribution in [0.4, 0.5) is 0 Å². The lowest BCUT2D eigenvalue weighted by Crippen LogP contribution is -2.14. The monoisotopic (exact) mass is 254 g/mol. The average Bonchev–Trinajstić information content (AvgIpc) is 2.93. The van der Waals surface area contributed by atoms with Gasteiger partial charge < -0.3 is 4.98 Å². The largest absolute Gasteiger partial charge is 0.310 e. The number of hydrogen-bond donors (Lipinski definition) is 1. The lowest BCUT2D eigenvalue weighted by molar-refractivity contribution is 0.683. The Morgan fingerprint density at radius 1 is 1.16 bits per heavy atom. The third-order valence-electron chi connectivity index (χ3n) is 3.80. The van der Waals surface area contributed by atoms with Gasteiger partial charge in [0.1, 0.15) is 5.82 Å². The normalized spacial score (nSPS) is 15.8. The molecule has 0 atom stereocenters. The number of rotatable bonds is 3. The number of aromatic nitrogens is 2. The van der Waals surface area contributed by atoms with Crippen molar-refractivity contribution in [1.82, 2.24) is 9.97 Å². The summed E-state index contributed by atoms with van der Waals surface area (Å²) in [6.07, 6.45) is 5.54. The number of hydrogen-bond acceptors (Lipinski definition) is 2. The number of nitrogens with one attached hydrogen (secondary N) is 1. The van der Waals surface area contributed by atoms with Crippen molar-refractivity contribution in [2.45, 2.75) is 38.0 Å². The first-order valence-corrected chi connectivity index (χ1v) is 6.95. The summed E-state index contributed by atoms with van der Waals surface area (Å²) in [5, 5.41) is 0. The third kappa shape index (κ3) is 2.92. The van der Waals surface area contributed by atoms with E-state index in [1.165, 1.54) is 31.2 Å². The van der Waals surface area contributed by atoms with Crippen LogP contribution >= 0.6 is 0 Å². The van der Waals surface area contributed by atoms with Gasteiger partial charge in [0.05, 0.1) is 5.69 Å². The fourth-order valence-corrected chi connectivity index (χ4v) is 2.83. The minimum absolute atomic E-state index is 0.0252. The molecule has 0 saturated heterocycles. The minimum atomic E-state index is -0.0252. The van der Waals surface area contributed by atoms with Crippen LogP contribution < -0.4 is 5.56 Å². The van der Waals surface area contributed by atoms with Crippen LogP contribution in [0.3, 0.4) is 0 Å². The topological polar surface area (TPSA) is 45.8 Å². The van der Waals surface area contributed by atoms with Crippen LogP contribution in [0.1, 0.15) is 48.7 Å². The van der Waals surface area contributed by atoms with Gasteiger partial charge in [0.15, 0.2) is 0 Å². The second-order valence-electron chi connectivity index (χ2n) is 5.26.